The number of quaternary nitrogens is 1. The summed E-state index contributed by atoms with van der Waals surface area (Å²) in [5, 5.41) is 0. The van der Waals surface area contributed by atoms with Gasteiger partial charge in [0.05, 0.1) is 21.1 Å². The summed E-state index contributed by atoms with van der Waals surface area (Å²) in [4.78, 5) is 25.2. The van der Waals surface area contributed by atoms with Crippen molar-refractivity contribution in [2.75, 3.05) is 21.1 Å². The summed E-state index contributed by atoms with van der Waals surface area (Å²) in [5.41, 5.74) is 0. The number of allylic oxidation sites excluding steroid dienone is 4. The second kappa shape index (κ2) is 35.7. The van der Waals surface area contributed by atoms with Crippen molar-refractivity contribution in [3.63, 3.8) is 0 Å². The molecule has 0 aromatic carbocycles. The molecule has 0 radical (unpaired) electrons. The van der Waals surface area contributed by atoms with Crippen LogP contribution in [0.2, 0.25) is 0 Å². The van der Waals surface area contributed by atoms with Crippen LogP contribution in [0.15, 0.2) is 24.3 Å². The molecule has 0 heterocycles. The quantitative estimate of drug-likeness (QED) is 0.0217. The molecule has 0 aliphatic heterocycles. The standard InChI is InChI=1S/C42H80NO4.BrH/c1-7-9-11-13-15-17-19-21-23-25-27-29-31-33-35-37-40(44)46-39(3)42(43(4,5)6)47-41(45)38-36-34-32-30-28-26-24-22-20-18-16-14-12-10-8-2;/h21-24,39,42H,7-20,25-38H2,1-6H3;1H/q+1;/p-1/b23-21-,24-22-;. The maximum Gasteiger partial charge on any atom is 0.310 e. The summed E-state index contributed by atoms with van der Waals surface area (Å²) in [6.45, 7) is 6.38. The molecule has 0 N–H and O–H groups in total. The first-order chi connectivity index (χ1) is 22.7. The third kappa shape index (κ3) is 33.4. The molecule has 48 heavy (non-hydrogen) atoms. The first-order valence-corrected chi connectivity index (χ1v) is 20.2. The maximum atomic E-state index is 12.7. The van der Waals surface area contributed by atoms with Gasteiger partial charge in [0.2, 0.25) is 0 Å². The lowest BCUT2D eigenvalue weighted by Crippen LogP contribution is -3.00. The number of carbonyl (C=O) groups is 2. The Morgan fingerprint density at radius 3 is 1.10 bits per heavy atom. The average Bonchev–Trinajstić information content (AvgIpc) is 3.03. The molecule has 5 nitrogen and oxygen atoms in total. The summed E-state index contributed by atoms with van der Waals surface area (Å²) in [5.74, 6) is -0.386. The molecule has 284 valence electrons. The minimum Gasteiger partial charge on any atom is -1.00 e. The maximum absolute atomic E-state index is 12.7. The fraction of sp³-hybridized carbons (Fsp3) is 0.857. The zero-order chi connectivity index (χ0) is 34.9. The van der Waals surface area contributed by atoms with Gasteiger partial charge >= 0.3 is 11.9 Å². The molecular formula is C42H80BrNO4. The molecule has 6 heteroatoms. The topological polar surface area (TPSA) is 52.6 Å². The highest BCUT2D eigenvalue weighted by molar-refractivity contribution is 5.70. The number of rotatable bonds is 34. The zero-order valence-corrected chi connectivity index (χ0v) is 34.3. The van der Waals surface area contributed by atoms with E-state index in [9.17, 15) is 9.59 Å². The molecule has 0 aliphatic rings. The third-order valence-corrected chi connectivity index (χ3v) is 9.02. The smallest absolute Gasteiger partial charge is 0.310 e. The molecule has 0 saturated heterocycles. The van der Waals surface area contributed by atoms with Crippen molar-refractivity contribution in [1.29, 1.82) is 0 Å². The number of nitrogens with zero attached hydrogens (tertiary/aromatic N) is 1. The van der Waals surface area contributed by atoms with Crippen molar-refractivity contribution in [3.05, 3.63) is 24.3 Å². The van der Waals surface area contributed by atoms with Crippen LogP contribution in [0.4, 0.5) is 0 Å². The van der Waals surface area contributed by atoms with E-state index in [1.165, 1.54) is 116 Å². The SMILES string of the molecule is CCCCCCCC/C=C\CCCCCCCC(=O)OC(C)C(OC(=O)CCCCCCC/C=C\CCCCCCCC)[N+](C)(C)C.[Br-]. The Morgan fingerprint density at radius 2 is 0.771 bits per heavy atom. The Labute approximate surface area is 309 Å². The normalized spacial score (nSPS) is 13.1. The zero-order valence-electron chi connectivity index (χ0n) is 32.7. The van der Waals surface area contributed by atoms with Crippen molar-refractivity contribution in [1.82, 2.24) is 0 Å². The highest BCUT2D eigenvalue weighted by atomic mass is 79.9. The van der Waals surface area contributed by atoms with Crippen LogP contribution in [0.25, 0.3) is 0 Å². The molecule has 0 saturated carbocycles. The van der Waals surface area contributed by atoms with Gasteiger partial charge in [0.15, 0.2) is 6.10 Å². The van der Waals surface area contributed by atoms with Gasteiger partial charge in [0.25, 0.3) is 6.23 Å². The second-order valence-electron chi connectivity index (χ2n) is 14.9. The number of halogens is 1. The van der Waals surface area contributed by atoms with Crippen LogP contribution in [-0.2, 0) is 19.1 Å². The molecule has 0 aliphatic carbocycles. The number of ether oxygens (including phenoxy) is 2. The van der Waals surface area contributed by atoms with Crippen molar-refractivity contribution in [2.45, 2.75) is 213 Å². The molecule has 0 rings (SSSR count). The van der Waals surface area contributed by atoms with E-state index in [-0.39, 0.29) is 28.9 Å². The van der Waals surface area contributed by atoms with Crippen molar-refractivity contribution >= 4 is 11.9 Å². The minimum absolute atomic E-state index is 0. The van der Waals surface area contributed by atoms with E-state index in [2.05, 4.69) is 38.2 Å². The molecule has 0 amide bonds. The third-order valence-electron chi connectivity index (χ3n) is 9.02. The van der Waals surface area contributed by atoms with E-state index >= 15 is 0 Å². The summed E-state index contributed by atoms with van der Waals surface area (Å²) in [6.07, 6.45) is 41.3. The largest absolute Gasteiger partial charge is 1.00 e. The van der Waals surface area contributed by atoms with E-state index in [4.69, 9.17) is 9.47 Å². The van der Waals surface area contributed by atoms with E-state index in [1.807, 2.05) is 28.1 Å². The van der Waals surface area contributed by atoms with Gasteiger partial charge in [0.1, 0.15) is 0 Å². The van der Waals surface area contributed by atoms with Crippen molar-refractivity contribution in [3.8, 4) is 0 Å². The highest BCUT2D eigenvalue weighted by Gasteiger charge is 2.36. The number of hydrogen-bond acceptors (Lipinski definition) is 4. The lowest BCUT2D eigenvalue weighted by molar-refractivity contribution is -0.920. The summed E-state index contributed by atoms with van der Waals surface area (Å²) in [7, 11) is 5.94. The van der Waals surface area contributed by atoms with E-state index < -0.39 is 12.3 Å². The Hall–Kier alpha value is -1.14. The molecule has 2 unspecified atom stereocenters. The Kier molecular flexibility index (Phi) is 36.4. The van der Waals surface area contributed by atoms with Gasteiger partial charge in [-0.05, 0) is 71.1 Å². The monoisotopic (exact) mass is 742 g/mol. The first kappa shape index (κ1) is 49.0. The van der Waals surface area contributed by atoms with E-state index in [1.54, 1.807) is 0 Å². The number of esters is 2. The predicted molar refractivity (Wildman–Crippen MR) is 202 cm³/mol. The van der Waals surface area contributed by atoms with Crippen molar-refractivity contribution < 1.29 is 40.5 Å². The van der Waals surface area contributed by atoms with E-state index in [0.717, 1.165) is 51.4 Å². The molecular weight excluding hydrogens is 662 g/mol. The van der Waals surface area contributed by atoms with Crippen LogP contribution >= 0.6 is 0 Å². The van der Waals surface area contributed by atoms with Gasteiger partial charge in [0, 0.05) is 12.8 Å². The summed E-state index contributed by atoms with van der Waals surface area (Å²) < 4.78 is 12.0. The average molecular weight is 743 g/mol. The fourth-order valence-electron chi connectivity index (χ4n) is 6.08. The van der Waals surface area contributed by atoms with Crippen LogP contribution in [0.1, 0.15) is 201 Å². The van der Waals surface area contributed by atoms with Crippen LogP contribution in [0.5, 0.6) is 0 Å². The Balaban J connectivity index is 0. The van der Waals surface area contributed by atoms with Gasteiger partial charge in [-0.15, -0.1) is 0 Å². The fourth-order valence-corrected chi connectivity index (χ4v) is 6.08. The van der Waals surface area contributed by atoms with Gasteiger partial charge in [-0.2, -0.15) is 0 Å². The van der Waals surface area contributed by atoms with Gasteiger partial charge in [-0.3, -0.25) is 14.1 Å². The highest BCUT2D eigenvalue weighted by Crippen LogP contribution is 2.18. The predicted octanol–water partition coefficient (Wildman–Crippen LogP) is 9.57. The van der Waals surface area contributed by atoms with Crippen molar-refractivity contribution in [2.24, 2.45) is 0 Å². The molecule has 0 aromatic heterocycles. The first-order valence-electron chi connectivity index (χ1n) is 20.2. The lowest BCUT2D eigenvalue weighted by Gasteiger charge is -2.36. The van der Waals surface area contributed by atoms with Crippen LogP contribution in [-0.4, -0.2) is 49.9 Å². The number of carbonyl (C=O) groups excluding carboxylic acids is 2. The van der Waals surface area contributed by atoms with E-state index in [0.29, 0.717) is 17.3 Å². The molecule has 0 aromatic rings. The summed E-state index contributed by atoms with van der Waals surface area (Å²) >= 11 is 0. The van der Waals surface area contributed by atoms with Gasteiger partial charge < -0.3 is 26.5 Å². The van der Waals surface area contributed by atoms with Crippen LogP contribution in [0.3, 0.4) is 0 Å². The van der Waals surface area contributed by atoms with Gasteiger partial charge in [-0.1, -0.05) is 141 Å². The lowest BCUT2D eigenvalue weighted by atomic mass is 10.1. The molecule has 2 atom stereocenters. The molecule has 0 spiro atoms. The Bertz CT molecular complexity index is 776. The van der Waals surface area contributed by atoms with Crippen LogP contribution in [0, 0.1) is 0 Å². The summed E-state index contributed by atoms with van der Waals surface area (Å²) in [6, 6.07) is 0. The minimum atomic E-state index is -0.510. The second-order valence-corrected chi connectivity index (χ2v) is 14.9. The molecule has 0 fully saturated rings. The molecule has 0 bridgehead atoms. The number of unbranched alkanes of at least 4 members (excludes halogenated alkanes) is 22. The van der Waals surface area contributed by atoms with Gasteiger partial charge in [-0.25, -0.2) is 0 Å². The van der Waals surface area contributed by atoms with Crippen LogP contribution < -0.4 is 17.0 Å². The Morgan fingerprint density at radius 1 is 0.479 bits per heavy atom. The number of likely N-dealkylation sites (N-methyl/N-ethyl adjacent to an activating group) is 1. The number of hydrogen-bond donors (Lipinski definition) is 0.